The molecular formula is C21H28N4O4S. The lowest BCUT2D eigenvalue weighted by molar-refractivity contribution is 0.181. The highest BCUT2D eigenvalue weighted by Gasteiger charge is 2.26. The van der Waals surface area contributed by atoms with E-state index >= 15 is 0 Å². The van der Waals surface area contributed by atoms with Crippen LogP contribution in [0.25, 0.3) is 11.1 Å². The van der Waals surface area contributed by atoms with Crippen molar-refractivity contribution in [2.75, 3.05) is 33.1 Å². The number of oxazole rings is 1. The third-order valence-electron chi connectivity index (χ3n) is 5.60. The highest BCUT2D eigenvalue weighted by atomic mass is 32.2. The maximum Gasteiger partial charge on any atom is 0.227 e. The van der Waals surface area contributed by atoms with Gasteiger partial charge in [0, 0.05) is 39.0 Å². The van der Waals surface area contributed by atoms with Gasteiger partial charge in [-0.25, -0.2) is 18.4 Å². The molecule has 1 aliphatic rings. The molecule has 4 rings (SSSR count). The van der Waals surface area contributed by atoms with E-state index in [1.807, 2.05) is 28.8 Å². The molecule has 9 heteroatoms. The van der Waals surface area contributed by atoms with Crippen LogP contribution in [0.15, 0.2) is 40.0 Å². The fraction of sp³-hybridized carbons (Fsp3) is 0.524. The monoisotopic (exact) mass is 432 g/mol. The number of sulfone groups is 1. The van der Waals surface area contributed by atoms with Crippen LogP contribution in [-0.4, -0.2) is 60.9 Å². The summed E-state index contributed by atoms with van der Waals surface area (Å²) in [5.74, 6) is 1.13. The highest BCUT2D eigenvalue weighted by molar-refractivity contribution is 7.90. The first-order valence-corrected chi connectivity index (χ1v) is 12.2. The molecule has 1 aromatic carbocycles. The maximum absolute atomic E-state index is 12.1. The molecule has 0 spiro atoms. The molecule has 1 saturated heterocycles. The minimum Gasteiger partial charge on any atom is -0.440 e. The molecule has 3 heterocycles. The third kappa shape index (κ3) is 4.58. The van der Waals surface area contributed by atoms with E-state index in [9.17, 15) is 8.42 Å². The van der Waals surface area contributed by atoms with Crippen molar-refractivity contribution in [2.24, 2.45) is 0 Å². The van der Waals surface area contributed by atoms with Crippen LogP contribution in [0.4, 0.5) is 0 Å². The number of hydrogen-bond acceptors (Lipinski definition) is 7. The molecule has 0 unspecified atom stereocenters. The molecule has 1 aliphatic heterocycles. The molecule has 8 nitrogen and oxygen atoms in total. The van der Waals surface area contributed by atoms with E-state index in [1.165, 1.54) is 6.26 Å². The standard InChI is InChI=1S/C21H28N4O4S/c1-28-13-5-10-25-17(14-22-21(25)30(2,26)27)15-24-11-8-16(9-12-24)20-23-18-6-3-4-7-19(18)29-20/h3-4,6-7,14,16H,5,8-13,15H2,1-2H3. The molecule has 0 amide bonds. The Morgan fingerprint density at radius 2 is 2.00 bits per heavy atom. The number of piperidine rings is 1. The number of aromatic nitrogens is 3. The normalized spacial score (nSPS) is 16.5. The van der Waals surface area contributed by atoms with Crippen LogP contribution in [-0.2, 0) is 27.7 Å². The summed E-state index contributed by atoms with van der Waals surface area (Å²) in [5.41, 5.74) is 2.67. The van der Waals surface area contributed by atoms with Gasteiger partial charge in [0.1, 0.15) is 5.52 Å². The van der Waals surface area contributed by atoms with Crippen molar-refractivity contribution in [1.29, 1.82) is 0 Å². The van der Waals surface area contributed by atoms with Crippen molar-refractivity contribution in [2.45, 2.75) is 43.4 Å². The van der Waals surface area contributed by atoms with Crippen LogP contribution < -0.4 is 0 Å². The lowest BCUT2D eigenvalue weighted by Crippen LogP contribution is -2.33. The van der Waals surface area contributed by atoms with Crippen LogP contribution in [0.3, 0.4) is 0 Å². The van der Waals surface area contributed by atoms with Crippen molar-refractivity contribution < 1.29 is 17.6 Å². The number of imidazole rings is 1. The van der Waals surface area contributed by atoms with E-state index in [1.54, 1.807) is 13.3 Å². The topological polar surface area (TPSA) is 90.5 Å². The maximum atomic E-state index is 12.1. The molecule has 2 aromatic heterocycles. The summed E-state index contributed by atoms with van der Waals surface area (Å²) in [6.07, 6.45) is 5.56. The Hall–Kier alpha value is -2.23. The Balaban J connectivity index is 1.42. The lowest BCUT2D eigenvalue weighted by Gasteiger charge is -2.30. The predicted octanol–water partition coefficient (Wildman–Crippen LogP) is 2.84. The van der Waals surface area contributed by atoms with Gasteiger partial charge in [0.05, 0.1) is 11.9 Å². The van der Waals surface area contributed by atoms with Gasteiger partial charge >= 0.3 is 0 Å². The Bertz CT molecular complexity index is 1060. The molecule has 162 valence electrons. The van der Waals surface area contributed by atoms with E-state index in [0.29, 0.717) is 25.6 Å². The summed E-state index contributed by atoms with van der Waals surface area (Å²) in [7, 11) is -1.73. The Labute approximate surface area is 176 Å². The molecule has 0 saturated carbocycles. The number of fused-ring (bicyclic) bond motifs is 1. The average molecular weight is 433 g/mol. The first-order chi connectivity index (χ1) is 14.5. The molecular weight excluding hydrogens is 404 g/mol. The summed E-state index contributed by atoms with van der Waals surface area (Å²) in [4.78, 5) is 11.2. The summed E-state index contributed by atoms with van der Waals surface area (Å²) in [6, 6.07) is 7.85. The summed E-state index contributed by atoms with van der Waals surface area (Å²) in [5, 5.41) is 0.134. The minimum absolute atomic E-state index is 0.134. The van der Waals surface area contributed by atoms with Crippen LogP contribution in [0.1, 0.15) is 36.8 Å². The number of hydrogen-bond donors (Lipinski definition) is 0. The molecule has 0 radical (unpaired) electrons. The number of rotatable bonds is 8. The number of para-hydroxylation sites is 2. The smallest absolute Gasteiger partial charge is 0.227 e. The molecule has 0 atom stereocenters. The van der Waals surface area contributed by atoms with Crippen LogP contribution in [0.2, 0.25) is 0 Å². The number of likely N-dealkylation sites (tertiary alicyclic amines) is 1. The van der Waals surface area contributed by atoms with Crippen LogP contribution in [0, 0.1) is 0 Å². The Kier molecular flexibility index (Phi) is 6.21. The second kappa shape index (κ2) is 8.87. The van der Waals surface area contributed by atoms with E-state index in [0.717, 1.165) is 55.0 Å². The quantitative estimate of drug-likeness (QED) is 0.506. The molecule has 0 N–H and O–H groups in total. The number of benzene rings is 1. The average Bonchev–Trinajstić information content (AvgIpc) is 3.33. The zero-order chi connectivity index (χ0) is 21.1. The number of ether oxygens (including phenoxy) is 1. The van der Waals surface area contributed by atoms with Gasteiger partial charge in [-0.1, -0.05) is 12.1 Å². The van der Waals surface area contributed by atoms with Gasteiger partial charge in [-0.15, -0.1) is 0 Å². The van der Waals surface area contributed by atoms with Gasteiger partial charge in [0.2, 0.25) is 15.0 Å². The fourth-order valence-electron chi connectivity index (χ4n) is 4.05. The van der Waals surface area contributed by atoms with E-state index in [4.69, 9.17) is 9.15 Å². The van der Waals surface area contributed by atoms with Crippen molar-refractivity contribution in [3.05, 3.63) is 42.0 Å². The molecule has 1 fully saturated rings. The summed E-state index contributed by atoms with van der Waals surface area (Å²) in [6.45, 7) is 3.64. The first-order valence-electron chi connectivity index (χ1n) is 10.3. The largest absolute Gasteiger partial charge is 0.440 e. The highest BCUT2D eigenvalue weighted by Crippen LogP contribution is 2.30. The minimum atomic E-state index is -3.38. The molecule has 3 aromatic rings. The fourth-order valence-corrected chi connectivity index (χ4v) is 4.91. The van der Waals surface area contributed by atoms with Gasteiger partial charge in [0.15, 0.2) is 11.5 Å². The zero-order valence-corrected chi connectivity index (χ0v) is 18.3. The predicted molar refractivity (Wildman–Crippen MR) is 113 cm³/mol. The summed E-state index contributed by atoms with van der Waals surface area (Å²) >= 11 is 0. The SMILES string of the molecule is COCCCn1c(CN2CCC(c3nc4ccccc4o3)CC2)cnc1S(C)(=O)=O. The van der Waals surface area contributed by atoms with Gasteiger partial charge in [0.25, 0.3) is 0 Å². The van der Waals surface area contributed by atoms with Crippen LogP contribution >= 0.6 is 0 Å². The molecule has 0 aliphatic carbocycles. The van der Waals surface area contributed by atoms with E-state index < -0.39 is 9.84 Å². The van der Waals surface area contributed by atoms with Gasteiger partial charge < -0.3 is 13.7 Å². The molecule has 30 heavy (non-hydrogen) atoms. The lowest BCUT2D eigenvalue weighted by atomic mass is 9.97. The molecule has 0 bridgehead atoms. The first kappa shape index (κ1) is 21.0. The zero-order valence-electron chi connectivity index (χ0n) is 17.5. The van der Waals surface area contributed by atoms with Crippen molar-refractivity contribution >= 4 is 20.9 Å². The van der Waals surface area contributed by atoms with Gasteiger partial charge in [-0.3, -0.25) is 4.90 Å². The van der Waals surface area contributed by atoms with E-state index in [2.05, 4.69) is 14.9 Å². The Morgan fingerprint density at radius 1 is 1.23 bits per heavy atom. The van der Waals surface area contributed by atoms with Gasteiger partial charge in [-0.05, 0) is 44.5 Å². The Morgan fingerprint density at radius 3 is 2.70 bits per heavy atom. The number of methoxy groups -OCH3 is 1. The van der Waals surface area contributed by atoms with E-state index in [-0.39, 0.29) is 5.16 Å². The van der Waals surface area contributed by atoms with Gasteiger partial charge in [-0.2, -0.15) is 0 Å². The van der Waals surface area contributed by atoms with Crippen molar-refractivity contribution in [3.8, 4) is 0 Å². The van der Waals surface area contributed by atoms with Crippen molar-refractivity contribution in [3.63, 3.8) is 0 Å². The second-order valence-electron chi connectivity index (χ2n) is 7.87. The van der Waals surface area contributed by atoms with Crippen LogP contribution in [0.5, 0.6) is 0 Å². The van der Waals surface area contributed by atoms with Crippen molar-refractivity contribution in [1.82, 2.24) is 19.4 Å². The third-order valence-corrected chi connectivity index (χ3v) is 6.59. The second-order valence-corrected chi connectivity index (χ2v) is 9.78. The summed E-state index contributed by atoms with van der Waals surface area (Å²) < 4.78 is 37.1. The number of nitrogens with zero attached hydrogens (tertiary/aromatic N) is 4.